The first-order chi connectivity index (χ1) is 15.5. The number of nitrogens with zero attached hydrogens (tertiary/aromatic N) is 1. The topological polar surface area (TPSA) is 75.7 Å². The summed E-state index contributed by atoms with van der Waals surface area (Å²) in [6, 6.07) is 13.1. The number of benzene rings is 2. The number of anilines is 1. The summed E-state index contributed by atoms with van der Waals surface area (Å²) in [5.74, 6) is -0.631. The predicted octanol–water partition coefficient (Wildman–Crippen LogP) is 5.85. The second kappa shape index (κ2) is 11.6. The zero-order chi connectivity index (χ0) is 22.9. The van der Waals surface area contributed by atoms with Gasteiger partial charge in [-0.1, -0.05) is 67.1 Å². The van der Waals surface area contributed by atoms with Gasteiger partial charge in [0.15, 0.2) is 0 Å². The Morgan fingerprint density at radius 1 is 0.906 bits per heavy atom. The molecule has 0 spiro atoms. The van der Waals surface area contributed by atoms with Crippen LogP contribution >= 0.6 is 15.9 Å². The number of hydrogen-bond acceptors (Lipinski definition) is 4. The normalized spacial score (nSPS) is 15.2. The maximum atomic E-state index is 12.9. The van der Waals surface area contributed by atoms with E-state index in [9.17, 15) is 14.4 Å². The Hall–Kier alpha value is -2.93. The third-order valence-electron chi connectivity index (χ3n) is 5.14. The fourth-order valence-corrected chi connectivity index (χ4v) is 3.65. The van der Waals surface area contributed by atoms with Gasteiger partial charge in [0.05, 0.1) is 12.3 Å². The van der Waals surface area contributed by atoms with Crippen molar-refractivity contribution in [2.45, 2.75) is 45.4 Å². The Morgan fingerprint density at radius 2 is 1.56 bits per heavy atom. The molecule has 3 rings (SSSR count). The minimum Gasteiger partial charge on any atom is -0.494 e. The van der Waals surface area contributed by atoms with Gasteiger partial charge in [-0.15, -0.1) is 0 Å². The third-order valence-corrected chi connectivity index (χ3v) is 5.67. The van der Waals surface area contributed by atoms with Crippen molar-refractivity contribution < 1.29 is 19.1 Å². The van der Waals surface area contributed by atoms with Gasteiger partial charge in [0.2, 0.25) is 0 Å². The molecule has 0 saturated carbocycles. The van der Waals surface area contributed by atoms with Crippen molar-refractivity contribution in [1.82, 2.24) is 5.32 Å². The summed E-state index contributed by atoms with van der Waals surface area (Å²) in [4.78, 5) is 38.4. The number of ether oxygens (including phenoxy) is 1. The lowest BCUT2D eigenvalue weighted by molar-refractivity contribution is -0.122. The number of barbiturate groups is 1. The Kier molecular flexibility index (Phi) is 8.62. The van der Waals surface area contributed by atoms with Crippen LogP contribution in [0.2, 0.25) is 0 Å². The van der Waals surface area contributed by atoms with Gasteiger partial charge in [-0.2, -0.15) is 0 Å². The largest absolute Gasteiger partial charge is 0.494 e. The number of amides is 4. The summed E-state index contributed by atoms with van der Waals surface area (Å²) in [7, 11) is 0. The number of halogens is 1. The van der Waals surface area contributed by atoms with Crippen molar-refractivity contribution >= 4 is 45.5 Å². The number of unbranched alkanes of at least 4 members (excludes halogenated alkanes) is 5. The van der Waals surface area contributed by atoms with Crippen LogP contribution in [-0.4, -0.2) is 24.5 Å². The minimum absolute atomic E-state index is 0.103. The van der Waals surface area contributed by atoms with Crippen LogP contribution in [0.3, 0.4) is 0 Å². The third kappa shape index (κ3) is 6.29. The highest BCUT2D eigenvalue weighted by atomic mass is 79.9. The monoisotopic (exact) mass is 498 g/mol. The smallest absolute Gasteiger partial charge is 0.335 e. The number of hydrogen-bond donors (Lipinski definition) is 1. The van der Waals surface area contributed by atoms with Crippen LogP contribution in [0.25, 0.3) is 6.08 Å². The van der Waals surface area contributed by atoms with Crippen molar-refractivity contribution in [2.75, 3.05) is 11.5 Å². The van der Waals surface area contributed by atoms with Gasteiger partial charge < -0.3 is 4.74 Å². The van der Waals surface area contributed by atoms with Crippen molar-refractivity contribution in [1.29, 1.82) is 0 Å². The van der Waals surface area contributed by atoms with Crippen molar-refractivity contribution in [3.05, 3.63) is 64.1 Å². The van der Waals surface area contributed by atoms with Crippen molar-refractivity contribution in [3.63, 3.8) is 0 Å². The van der Waals surface area contributed by atoms with Gasteiger partial charge in [-0.3, -0.25) is 14.9 Å². The number of urea groups is 1. The van der Waals surface area contributed by atoms with Crippen LogP contribution in [0.15, 0.2) is 58.6 Å². The molecule has 1 aliphatic heterocycles. The molecule has 7 heteroatoms. The standard InChI is InChI=1S/C25H27BrN2O4/c1-2-3-4-5-6-7-16-32-21-14-8-18(9-15-21)17-22-23(29)27-25(31)28(24(22)30)20-12-10-19(26)11-13-20/h8-15,17H,2-7,16H2,1H3,(H,27,29,31). The average Bonchev–Trinajstić information content (AvgIpc) is 2.78. The van der Waals surface area contributed by atoms with E-state index < -0.39 is 17.8 Å². The van der Waals surface area contributed by atoms with E-state index >= 15 is 0 Å². The lowest BCUT2D eigenvalue weighted by atomic mass is 10.1. The van der Waals surface area contributed by atoms with E-state index in [-0.39, 0.29) is 5.57 Å². The summed E-state index contributed by atoms with van der Waals surface area (Å²) in [5.41, 5.74) is 0.946. The van der Waals surface area contributed by atoms with E-state index in [4.69, 9.17) is 4.74 Å². The number of carbonyl (C=O) groups is 3. The molecule has 32 heavy (non-hydrogen) atoms. The molecule has 1 fully saturated rings. The van der Waals surface area contributed by atoms with Gasteiger partial charge in [0.25, 0.3) is 11.8 Å². The molecule has 2 aromatic rings. The van der Waals surface area contributed by atoms with Crippen LogP contribution in [0.4, 0.5) is 10.5 Å². The maximum absolute atomic E-state index is 12.9. The van der Waals surface area contributed by atoms with E-state index in [0.717, 1.165) is 28.0 Å². The SMILES string of the molecule is CCCCCCCCOc1ccc(C=C2C(=O)NC(=O)N(c3ccc(Br)cc3)C2=O)cc1. The number of rotatable bonds is 10. The molecule has 6 nitrogen and oxygen atoms in total. The molecule has 2 aromatic carbocycles. The summed E-state index contributed by atoms with van der Waals surface area (Å²) >= 11 is 3.32. The van der Waals surface area contributed by atoms with E-state index in [1.807, 2.05) is 12.1 Å². The van der Waals surface area contributed by atoms with Crippen LogP contribution in [0, 0.1) is 0 Å². The van der Waals surface area contributed by atoms with Gasteiger partial charge in [0, 0.05) is 4.47 Å². The highest BCUT2D eigenvalue weighted by Gasteiger charge is 2.36. The summed E-state index contributed by atoms with van der Waals surface area (Å²) < 4.78 is 6.59. The molecule has 1 heterocycles. The van der Waals surface area contributed by atoms with Gasteiger partial charge in [-0.05, 0) is 54.5 Å². The maximum Gasteiger partial charge on any atom is 0.335 e. The zero-order valence-corrected chi connectivity index (χ0v) is 19.7. The Labute approximate surface area is 196 Å². The van der Waals surface area contributed by atoms with E-state index in [1.54, 1.807) is 36.4 Å². The first-order valence-electron chi connectivity index (χ1n) is 10.9. The molecular weight excluding hydrogens is 472 g/mol. The molecule has 1 N–H and O–H groups in total. The number of carbonyl (C=O) groups excluding carboxylic acids is 3. The van der Waals surface area contributed by atoms with Crippen LogP contribution < -0.4 is 15.0 Å². The number of nitrogens with one attached hydrogen (secondary N) is 1. The van der Waals surface area contributed by atoms with E-state index in [2.05, 4.69) is 28.2 Å². The van der Waals surface area contributed by atoms with Gasteiger partial charge >= 0.3 is 6.03 Å². The first-order valence-corrected chi connectivity index (χ1v) is 11.7. The predicted molar refractivity (Wildman–Crippen MR) is 128 cm³/mol. The quantitative estimate of drug-likeness (QED) is 0.253. The molecule has 0 atom stereocenters. The van der Waals surface area contributed by atoms with Crippen molar-refractivity contribution in [3.8, 4) is 5.75 Å². The molecule has 168 valence electrons. The first kappa shape index (κ1) is 23.7. The molecule has 0 radical (unpaired) electrons. The zero-order valence-electron chi connectivity index (χ0n) is 18.1. The molecule has 0 aliphatic carbocycles. The Balaban J connectivity index is 1.63. The minimum atomic E-state index is -0.766. The average molecular weight is 499 g/mol. The summed E-state index contributed by atoms with van der Waals surface area (Å²) in [6.07, 6.45) is 8.70. The molecule has 1 saturated heterocycles. The molecular formula is C25H27BrN2O4. The van der Waals surface area contributed by atoms with Crippen LogP contribution in [0.1, 0.15) is 51.0 Å². The van der Waals surface area contributed by atoms with Crippen LogP contribution in [0.5, 0.6) is 5.75 Å². The van der Waals surface area contributed by atoms with Gasteiger partial charge in [0.1, 0.15) is 11.3 Å². The fraction of sp³-hybridized carbons (Fsp3) is 0.320. The second-order valence-electron chi connectivity index (χ2n) is 7.62. The fourth-order valence-electron chi connectivity index (χ4n) is 3.38. The highest BCUT2D eigenvalue weighted by molar-refractivity contribution is 9.10. The van der Waals surface area contributed by atoms with Crippen molar-refractivity contribution in [2.24, 2.45) is 0 Å². The Morgan fingerprint density at radius 3 is 2.25 bits per heavy atom. The molecule has 1 aliphatic rings. The molecule has 0 aromatic heterocycles. The Bertz CT molecular complexity index is 984. The highest BCUT2D eigenvalue weighted by Crippen LogP contribution is 2.24. The van der Waals surface area contributed by atoms with Crippen LogP contribution in [-0.2, 0) is 9.59 Å². The second-order valence-corrected chi connectivity index (χ2v) is 8.54. The van der Waals surface area contributed by atoms with Gasteiger partial charge in [-0.25, -0.2) is 9.69 Å². The lowest BCUT2D eigenvalue weighted by Crippen LogP contribution is -2.54. The molecule has 0 bridgehead atoms. The molecule has 4 amide bonds. The van der Waals surface area contributed by atoms with E-state index in [1.165, 1.54) is 31.8 Å². The summed E-state index contributed by atoms with van der Waals surface area (Å²) in [6.45, 7) is 2.87. The number of imide groups is 2. The van der Waals surface area contributed by atoms with E-state index in [0.29, 0.717) is 17.9 Å². The lowest BCUT2D eigenvalue weighted by Gasteiger charge is -2.26. The summed E-state index contributed by atoms with van der Waals surface area (Å²) in [5, 5.41) is 2.23. The molecule has 0 unspecified atom stereocenters.